The Morgan fingerprint density at radius 1 is 0.941 bits per heavy atom. The van der Waals surface area contributed by atoms with Crippen molar-refractivity contribution in [2.75, 3.05) is 0 Å². The molecule has 0 saturated heterocycles. The molecule has 3 atom stereocenters. The molecule has 4 bridgehead atoms. The highest BCUT2D eigenvalue weighted by molar-refractivity contribution is 7.90. The molecule has 0 aromatic carbocycles. The molecule has 0 radical (unpaired) electrons. The zero-order chi connectivity index (χ0) is 26.2. The molecule has 0 spiro atoms. The first-order valence-electron chi connectivity index (χ1n) is 11.9. The van der Waals surface area contributed by atoms with Crippen LogP contribution < -0.4 is 4.72 Å². The normalized spacial score (nSPS) is 33.4. The van der Waals surface area contributed by atoms with Gasteiger partial charge in [-0.1, -0.05) is 41.5 Å². The maximum atomic E-state index is 13.7. The minimum atomic E-state index is -5.80. The quantitative estimate of drug-likeness (QED) is 0.507. The van der Waals surface area contributed by atoms with Crippen molar-refractivity contribution in [1.29, 1.82) is 0 Å². The fraction of sp³-hybridized carbons (Fsp3) is 0.917. The van der Waals surface area contributed by atoms with E-state index in [0.717, 1.165) is 6.42 Å². The Bertz CT molecular complexity index is 947. The summed E-state index contributed by atoms with van der Waals surface area (Å²) in [4.78, 5) is 26.7. The average molecular weight is 510 g/mol. The summed E-state index contributed by atoms with van der Waals surface area (Å²) in [5.41, 5.74) is -9.24. The van der Waals surface area contributed by atoms with Gasteiger partial charge in [0.1, 0.15) is 5.60 Å². The zero-order valence-electron chi connectivity index (χ0n) is 21.2. The predicted octanol–water partition coefficient (Wildman–Crippen LogP) is 5.32. The van der Waals surface area contributed by atoms with Crippen molar-refractivity contribution in [2.45, 2.75) is 105 Å². The van der Waals surface area contributed by atoms with E-state index in [0.29, 0.717) is 32.1 Å². The standard InChI is InChI=1S/C24H38F3NO5S/c1-19(2,3)13-21(7,20(4,5)6)18(30)33-23-11-15-8-16(12-23)10-22(9-15,14-23)17(29)28-34(31,32)24(25,26)27/h15-16H,8-14H2,1-7H3,(H,28,29). The van der Waals surface area contributed by atoms with Crippen molar-refractivity contribution >= 4 is 21.9 Å². The molecule has 4 fully saturated rings. The smallest absolute Gasteiger partial charge is 0.459 e. The van der Waals surface area contributed by atoms with Crippen LogP contribution in [0.5, 0.6) is 0 Å². The van der Waals surface area contributed by atoms with Gasteiger partial charge in [0.05, 0.1) is 10.8 Å². The van der Waals surface area contributed by atoms with Gasteiger partial charge in [-0.2, -0.15) is 21.6 Å². The summed E-state index contributed by atoms with van der Waals surface area (Å²) in [6, 6.07) is 0. The number of carbonyl (C=O) groups excluding carboxylic acids is 2. The van der Waals surface area contributed by atoms with Crippen LogP contribution in [0.2, 0.25) is 0 Å². The highest BCUT2D eigenvalue weighted by atomic mass is 32.2. The number of esters is 1. The largest absolute Gasteiger partial charge is 0.516 e. The molecule has 3 unspecified atom stereocenters. The number of carbonyl (C=O) groups is 2. The monoisotopic (exact) mass is 509 g/mol. The maximum Gasteiger partial charge on any atom is 0.516 e. The Kier molecular flexibility index (Phi) is 6.29. The number of nitrogens with one attached hydrogen (secondary N) is 1. The van der Waals surface area contributed by atoms with Gasteiger partial charge >= 0.3 is 21.5 Å². The predicted molar refractivity (Wildman–Crippen MR) is 121 cm³/mol. The molecular weight excluding hydrogens is 471 g/mol. The Morgan fingerprint density at radius 3 is 1.85 bits per heavy atom. The number of hydrogen-bond donors (Lipinski definition) is 1. The van der Waals surface area contributed by atoms with Crippen molar-refractivity contribution in [3.05, 3.63) is 0 Å². The Labute approximate surface area is 200 Å². The van der Waals surface area contributed by atoms with E-state index in [4.69, 9.17) is 4.74 Å². The first-order valence-corrected chi connectivity index (χ1v) is 13.4. The number of rotatable bonds is 5. The molecule has 6 nitrogen and oxygen atoms in total. The summed E-state index contributed by atoms with van der Waals surface area (Å²) < 4.78 is 69.6. The molecule has 0 aromatic rings. The van der Waals surface area contributed by atoms with E-state index in [1.165, 1.54) is 4.72 Å². The van der Waals surface area contributed by atoms with Crippen molar-refractivity contribution < 1.29 is 35.9 Å². The van der Waals surface area contributed by atoms with Crippen molar-refractivity contribution in [3.63, 3.8) is 0 Å². The van der Waals surface area contributed by atoms with Crippen LogP contribution >= 0.6 is 0 Å². The van der Waals surface area contributed by atoms with E-state index in [2.05, 4.69) is 20.8 Å². The van der Waals surface area contributed by atoms with Gasteiger partial charge in [0, 0.05) is 6.42 Å². The van der Waals surface area contributed by atoms with Crippen LogP contribution in [0.3, 0.4) is 0 Å². The van der Waals surface area contributed by atoms with Gasteiger partial charge < -0.3 is 4.74 Å². The lowest BCUT2D eigenvalue weighted by Crippen LogP contribution is -2.63. The average Bonchev–Trinajstić information content (AvgIpc) is 2.56. The van der Waals surface area contributed by atoms with Gasteiger partial charge in [-0.25, -0.2) is 4.72 Å². The minimum absolute atomic E-state index is 0.00287. The molecule has 10 heteroatoms. The highest BCUT2D eigenvalue weighted by Crippen LogP contribution is 2.63. The van der Waals surface area contributed by atoms with Crippen LogP contribution in [-0.4, -0.2) is 31.4 Å². The van der Waals surface area contributed by atoms with Gasteiger partial charge in [-0.05, 0) is 68.1 Å². The number of sulfonamides is 1. The lowest BCUT2D eigenvalue weighted by Gasteiger charge is -2.60. The first-order chi connectivity index (χ1) is 15.0. The lowest BCUT2D eigenvalue weighted by atomic mass is 9.47. The third-order valence-corrected chi connectivity index (χ3v) is 9.38. The van der Waals surface area contributed by atoms with Gasteiger partial charge in [0.15, 0.2) is 0 Å². The minimum Gasteiger partial charge on any atom is -0.459 e. The summed E-state index contributed by atoms with van der Waals surface area (Å²) >= 11 is 0. The Balaban J connectivity index is 1.90. The number of alkyl halides is 3. The first kappa shape index (κ1) is 27.3. The van der Waals surface area contributed by atoms with Crippen molar-refractivity contribution in [3.8, 4) is 0 Å². The summed E-state index contributed by atoms with van der Waals surface area (Å²) in [6.45, 7) is 14.0. The van der Waals surface area contributed by atoms with Gasteiger partial charge in [-0.15, -0.1) is 0 Å². The molecule has 1 N–H and O–H groups in total. The molecule has 4 aliphatic rings. The van der Waals surface area contributed by atoms with Crippen LogP contribution in [0.25, 0.3) is 0 Å². The van der Waals surface area contributed by atoms with E-state index in [1.807, 2.05) is 27.7 Å². The SMILES string of the molecule is CC(C)(C)CC(C)(C(=O)OC12CC3CC(C1)CC(C(=O)NS(=O)(=O)C(F)(F)F)(C3)C2)C(C)(C)C. The van der Waals surface area contributed by atoms with Crippen LogP contribution in [0, 0.1) is 33.5 Å². The Morgan fingerprint density at radius 2 is 1.44 bits per heavy atom. The fourth-order valence-electron chi connectivity index (χ4n) is 6.87. The van der Waals surface area contributed by atoms with E-state index < -0.39 is 43.3 Å². The molecular formula is C24H38F3NO5S. The molecule has 34 heavy (non-hydrogen) atoms. The van der Waals surface area contributed by atoms with E-state index >= 15 is 0 Å². The number of hydrogen-bond acceptors (Lipinski definition) is 5. The van der Waals surface area contributed by atoms with Crippen LogP contribution in [0.4, 0.5) is 13.2 Å². The molecule has 4 saturated carbocycles. The molecule has 196 valence electrons. The van der Waals surface area contributed by atoms with Crippen LogP contribution in [0.15, 0.2) is 0 Å². The second-order valence-electron chi connectivity index (χ2n) is 13.5. The maximum absolute atomic E-state index is 13.7. The number of ether oxygens (including phenoxy) is 1. The summed E-state index contributed by atoms with van der Waals surface area (Å²) in [5, 5.41) is 0. The van der Waals surface area contributed by atoms with Crippen LogP contribution in [0.1, 0.15) is 93.4 Å². The van der Waals surface area contributed by atoms with Crippen LogP contribution in [-0.2, 0) is 24.3 Å². The van der Waals surface area contributed by atoms with E-state index in [1.54, 1.807) is 0 Å². The second kappa shape index (κ2) is 7.84. The molecule has 0 aromatic heterocycles. The zero-order valence-corrected chi connectivity index (χ0v) is 22.0. The molecule has 0 heterocycles. The van der Waals surface area contributed by atoms with E-state index in [-0.39, 0.29) is 29.6 Å². The molecule has 1 amide bonds. The number of halogens is 3. The van der Waals surface area contributed by atoms with Crippen molar-refractivity contribution in [1.82, 2.24) is 4.72 Å². The van der Waals surface area contributed by atoms with Gasteiger partial charge in [-0.3, -0.25) is 9.59 Å². The van der Waals surface area contributed by atoms with E-state index in [9.17, 15) is 31.2 Å². The van der Waals surface area contributed by atoms with Gasteiger partial charge in [0.25, 0.3) is 0 Å². The molecule has 4 aliphatic carbocycles. The third kappa shape index (κ3) is 4.85. The fourth-order valence-corrected chi connectivity index (χ4v) is 7.44. The molecule has 0 aliphatic heterocycles. The molecule has 4 rings (SSSR count). The number of amides is 1. The second-order valence-corrected chi connectivity index (χ2v) is 15.2. The third-order valence-electron chi connectivity index (χ3n) is 8.32. The van der Waals surface area contributed by atoms with Crippen molar-refractivity contribution in [2.24, 2.45) is 33.5 Å². The lowest BCUT2D eigenvalue weighted by molar-refractivity contribution is -0.216. The summed E-state index contributed by atoms with van der Waals surface area (Å²) in [6.07, 6.45) is 3.13. The summed E-state index contributed by atoms with van der Waals surface area (Å²) in [5.74, 6) is -1.50. The Hall–Kier alpha value is -1.32. The summed E-state index contributed by atoms with van der Waals surface area (Å²) in [7, 11) is -5.80. The topological polar surface area (TPSA) is 89.5 Å². The van der Waals surface area contributed by atoms with Gasteiger partial charge in [0.2, 0.25) is 5.91 Å². The highest BCUT2D eigenvalue weighted by Gasteiger charge is 2.64.